The van der Waals surface area contributed by atoms with Crippen molar-refractivity contribution in [3.8, 4) is 0 Å². The largest absolute Gasteiger partial charge is 0.383 e. The van der Waals surface area contributed by atoms with E-state index in [4.69, 9.17) is 0 Å². The predicted octanol–water partition coefficient (Wildman–Crippen LogP) is 1.68. The Balaban J connectivity index is 2.19. The lowest BCUT2D eigenvalue weighted by Gasteiger charge is -2.42. The number of hydrogen-bond acceptors (Lipinski definition) is 4. The molecule has 0 radical (unpaired) electrons. The van der Waals surface area contributed by atoms with Crippen LogP contribution < -0.4 is 5.32 Å². The minimum atomic E-state index is 0.0927. The van der Waals surface area contributed by atoms with Crippen LogP contribution in [0.3, 0.4) is 0 Å². The maximum atomic E-state index is 12.7. The average molecular weight is 276 g/mol. The third-order valence-electron chi connectivity index (χ3n) is 4.07. The van der Waals surface area contributed by atoms with Crippen LogP contribution in [0.4, 0.5) is 5.69 Å². The standard InChI is InChI=1S/C15H24N4O/c1-5-17-14-8-16-7-6-13(14)15(20)19-9-11(2)18(4)12(3)10-19/h6-8,11-12,17H,5,9-10H2,1-4H3. The van der Waals surface area contributed by atoms with Gasteiger partial charge in [0.15, 0.2) is 0 Å². The lowest BCUT2D eigenvalue weighted by atomic mass is 10.1. The molecule has 20 heavy (non-hydrogen) atoms. The number of nitrogens with zero attached hydrogens (tertiary/aromatic N) is 3. The number of amides is 1. The van der Waals surface area contributed by atoms with Crippen molar-refractivity contribution >= 4 is 11.6 Å². The molecule has 2 heterocycles. The van der Waals surface area contributed by atoms with E-state index in [-0.39, 0.29) is 5.91 Å². The minimum Gasteiger partial charge on any atom is -0.383 e. The molecule has 1 aromatic rings. The van der Waals surface area contributed by atoms with Crippen molar-refractivity contribution < 1.29 is 4.79 Å². The van der Waals surface area contributed by atoms with E-state index in [9.17, 15) is 4.79 Å². The van der Waals surface area contributed by atoms with Gasteiger partial charge in [0.1, 0.15) is 0 Å². The van der Waals surface area contributed by atoms with Crippen molar-refractivity contribution in [2.24, 2.45) is 0 Å². The van der Waals surface area contributed by atoms with E-state index in [1.165, 1.54) is 0 Å². The first-order valence-corrected chi connectivity index (χ1v) is 7.23. The maximum absolute atomic E-state index is 12.7. The second-order valence-corrected chi connectivity index (χ2v) is 5.53. The molecule has 1 fully saturated rings. The van der Waals surface area contributed by atoms with Gasteiger partial charge in [0.25, 0.3) is 5.91 Å². The molecule has 0 aromatic carbocycles. The molecule has 1 N–H and O–H groups in total. The maximum Gasteiger partial charge on any atom is 0.256 e. The SMILES string of the molecule is CCNc1cnccc1C(=O)N1CC(C)N(C)C(C)C1. The number of carbonyl (C=O) groups is 1. The summed E-state index contributed by atoms with van der Waals surface area (Å²) in [6.07, 6.45) is 3.40. The Morgan fingerprint density at radius 1 is 1.40 bits per heavy atom. The van der Waals surface area contributed by atoms with Gasteiger partial charge in [-0.25, -0.2) is 0 Å². The van der Waals surface area contributed by atoms with Gasteiger partial charge < -0.3 is 10.2 Å². The highest BCUT2D eigenvalue weighted by atomic mass is 16.2. The zero-order valence-electron chi connectivity index (χ0n) is 12.8. The highest BCUT2D eigenvalue weighted by Crippen LogP contribution is 2.20. The molecule has 0 bridgehead atoms. The van der Waals surface area contributed by atoms with Crippen LogP contribution in [-0.2, 0) is 0 Å². The Morgan fingerprint density at radius 3 is 2.65 bits per heavy atom. The van der Waals surface area contributed by atoms with Gasteiger partial charge in [0.05, 0.1) is 17.4 Å². The summed E-state index contributed by atoms with van der Waals surface area (Å²) < 4.78 is 0. The van der Waals surface area contributed by atoms with Gasteiger partial charge in [-0.1, -0.05) is 0 Å². The van der Waals surface area contributed by atoms with Crippen molar-refractivity contribution in [1.82, 2.24) is 14.8 Å². The fourth-order valence-corrected chi connectivity index (χ4v) is 2.65. The van der Waals surface area contributed by atoms with Crippen molar-refractivity contribution in [3.05, 3.63) is 24.0 Å². The number of anilines is 1. The second-order valence-electron chi connectivity index (χ2n) is 5.53. The van der Waals surface area contributed by atoms with Gasteiger partial charge in [0, 0.05) is 37.9 Å². The van der Waals surface area contributed by atoms with Crippen LogP contribution in [-0.4, -0.2) is 59.5 Å². The number of hydrogen-bond donors (Lipinski definition) is 1. The average Bonchev–Trinajstić information content (AvgIpc) is 2.44. The van der Waals surface area contributed by atoms with E-state index in [0.717, 1.165) is 25.3 Å². The number of rotatable bonds is 3. The zero-order chi connectivity index (χ0) is 14.7. The fraction of sp³-hybridized carbons (Fsp3) is 0.600. The molecule has 1 saturated heterocycles. The molecule has 0 spiro atoms. The number of carbonyl (C=O) groups excluding carboxylic acids is 1. The Kier molecular flexibility index (Phi) is 4.60. The molecule has 1 amide bonds. The first-order chi connectivity index (χ1) is 9.54. The second kappa shape index (κ2) is 6.22. The van der Waals surface area contributed by atoms with Crippen LogP contribution in [0.2, 0.25) is 0 Å². The van der Waals surface area contributed by atoms with E-state index in [1.54, 1.807) is 18.5 Å². The molecule has 5 heteroatoms. The van der Waals surface area contributed by atoms with Crippen molar-refractivity contribution in [1.29, 1.82) is 0 Å². The van der Waals surface area contributed by atoms with Gasteiger partial charge in [0.2, 0.25) is 0 Å². The first-order valence-electron chi connectivity index (χ1n) is 7.23. The van der Waals surface area contributed by atoms with Gasteiger partial charge in [-0.05, 0) is 33.9 Å². The Morgan fingerprint density at radius 2 is 2.05 bits per heavy atom. The lowest BCUT2D eigenvalue weighted by Crippen LogP contribution is -2.56. The fourth-order valence-electron chi connectivity index (χ4n) is 2.65. The minimum absolute atomic E-state index is 0.0927. The summed E-state index contributed by atoms with van der Waals surface area (Å²) in [6, 6.07) is 2.56. The van der Waals surface area contributed by atoms with Crippen LogP contribution in [0.5, 0.6) is 0 Å². The number of likely N-dealkylation sites (N-methyl/N-ethyl adjacent to an activating group) is 1. The van der Waals surface area contributed by atoms with Crippen LogP contribution in [0.15, 0.2) is 18.5 Å². The number of piperazine rings is 1. The van der Waals surface area contributed by atoms with Gasteiger partial charge >= 0.3 is 0 Å². The molecule has 2 unspecified atom stereocenters. The molecule has 5 nitrogen and oxygen atoms in total. The van der Waals surface area contributed by atoms with Crippen LogP contribution in [0, 0.1) is 0 Å². The predicted molar refractivity (Wildman–Crippen MR) is 81.0 cm³/mol. The Bertz CT molecular complexity index is 465. The summed E-state index contributed by atoms with van der Waals surface area (Å²) in [5, 5.41) is 3.21. The summed E-state index contributed by atoms with van der Waals surface area (Å²) in [5.74, 6) is 0.0927. The molecule has 1 aromatic heterocycles. The molecule has 0 saturated carbocycles. The molecule has 2 rings (SSSR count). The van der Waals surface area contributed by atoms with Crippen LogP contribution in [0.25, 0.3) is 0 Å². The molecule has 0 aliphatic carbocycles. The number of pyridine rings is 1. The quantitative estimate of drug-likeness (QED) is 0.912. The summed E-state index contributed by atoms with van der Waals surface area (Å²) >= 11 is 0. The smallest absolute Gasteiger partial charge is 0.256 e. The topological polar surface area (TPSA) is 48.5 Å². The van der Waals surface area contributed by atoms with Crippen LogP contribution in [0.1, 0.15) is 31.1 Å². The molecule has 2 atom stereocenters. The zero-order valence-corrected chi connectivity index (χ0v) is 12.8. The first kappa shape index (κ1) is 14.8. The molecular weight excluding hydrogens is 252 g/mol. The van der Waals surface area contributed by atoms with Crippen LogP contribution >= 0.6 is 0 Å². The highest BCUT2D eigenvalue weighted by Gasteiger charge is 2.30. The number of aromatic nitrogens is 1. The summed E-state index contributed by atoms with van der Waals surface area (Å²) in [5.41, 5.74) is 1.53. The highest BCUT2D eigenvalue weighted by molar-refractivity contribution is 5.99. The van der Waals surface area contributed by atoms with Gasteiger partial charge in [-0.15, -0.1) is 0 Å². The van der Waals surface area contributed by atoms with E-state index in [1.807, 2.05) is 11.8 Å². The molecular formula is C15H24N4O. The molecule has 110 valence electrons. The normalized spacial score (nSPS) is 23.7. The van der Waals surface area contributed by atoms with Gasteiger partial charge in [-0.2, -0.15) is 0 Å². The molecule has 1 aliphatic heterocycles. The summed E-state index contributed by atoms with van der Waals surface area (Å²) in [6.45, 7) is 8.66. The van der Waals surface area contributed by atoms with Crippen molar-refractivity contribution in [2.45, 2.75) is 32.9 Å². The lowest BCUT2D eigenvalue weighted by molar-refractivity contribution is 0.0415. The summed E-state index contributed by atoms with van der Waals surface area (Å²) in [4.78, 5) is 21.1. The van der Waals surface area contributed by atoms with E-state index >= 15 is 0 Å². The summed E-state index contributed by atoms with van der Waals surface area (Å²) in [7, 11) is 2.12. The molecule has 1 aliphatic rings. The van der Waals surface area contributed by atoms with E-state index < -0.39 is 0 Å². The van der Waals surface area contributed by atoms with E-state index in [2.05, 4.69) is 36.1 Å². The van der Waals surface area contributed by atoms with Crippen molar-refractivity contribution in [2.75, 3.05) is 32.0 Å². The third-order valence-corrected chi connectivity index (χ3v) is 4.07. The number of nitrogens with one attached hydrogen (secondary N) is 1. The van der Waals surface area contributed by atoms with Crippen molar-refractivity contribution in [3.63, 3.8) is 0 Å². The monoisotopic (exact) mass is 276 g/mol. The van der Waals surface area contributed by atoms with E-state index in [0.29, 0.717) is 17.6 Å². The third kappa shape index (κ3) is 2.93. The Hall–Kier alpha value is -1.62. The van der Waals surface area contributed by atoms with Gasteiger partial charge in [-0.3, -0.25) is 14.7 Å². The Labute approximate surface area is 121 Å².